The van der Waals surface area contributed by atoms with E-state index in [4.69, 9.17) is 0 Å². The summed E-state index contributed by atoms with van der Waals surface area (Å²) in [5.41, 5.74) is 2.73. The molecule has 0 spiro atoms. The van der Waals surface area contributed by atoms with Gasteiger partial charge in [-0.25, -0.2) is 0 Å². The minimum atomic E-state index is 0.558. The Balaban J connectivity index is 1.84. The number of hydrogen-bond acceptors (Lipinski definition) is 2. The molecule has 0 aliphatic carbocycles. The SMILES string of the molecule is CC(C)CC[C@@H](c1ccc2cc[nH]c2c1)N1CCNCC1. The van der Waals surface area contributed by atoms with Gasteiger partial charge in [0.15, 0.2) is 0 Å². The molecule has 21 heavy (non-hydrogen) atoms. The van der Waals surface area contributed by atoms with Gasteiger partial charge in [0, 0.05) is 43.9 Å². The summed E-state index contributed by atoms with van der Waals surface area (Å²) in [5.74, 6) is 0.768. The number of nitrogens with one attached hydrogen (secondary N) is 2. The highest BCUT2D eigenvalue weighted by Crippen LogP contribution is 2.29. The van der Waals surface area contributed by atoms with Gasteiger partial charge in [0.2, 0.25) is 0 Å². The standard InChI is InChI=1S/C18H27N3/c1-14(2)3-6-18(21-11-9-19-10-12-21)16-5-4-15-7-8-20-17(15)13-16/h4-5,7-8,13-14,18-20H,3,6,9-12H2,1-2H3/t18-/m0/s1. The van der Waals surface area contributed by atoms with Crippen molar-refractivity contribution in [2.45, 2.75) is 32.7 Å². The molecule has 2 heterocycles. The first-order chi connectivity index (χ1) is 10.2. The van der Waals surface area contributed by atoms with Crippen molar-refractivity contribution in [1.29, 1.82) is 0 Å². The number of aromatic nitrogens is 1. The predicted octanol–water partition coefficient (Wildman–Crippen LogP) is 3.55. The minimum Gasteiger partial charge on any atom is -0.361 e. The third-order valence-corrected chi connectivity index (χ3v) is 4.57. The number of piperazine rings is 1. The molecule has 3 nitrogen and oxygen atoms in total. The number of benzene rings is 1. The zero-order chi connectivity index (χ0) is 14.7. The van der Waals surface area contributed by atoms with Crippen molar-refractivity contribution < 1.29 is 0 Å². The quantitative estimate of drug-likeness (QED) is 0.880. The van der Waals surface area contributed by atoms with Crippen molar-refractivity contribution >= 4 is 10.9 Å². The first-order valence-corrected chi connectivity index (χ1v) is 8.26. The molecule has 1 atom stereocenters. The molecule has 3 heteroatoms. The van der Waals surface area contributed by atoms with Crippen LogP contribution >= 0.6 is 0 Å². The van der Waals surface area contributed by atoms with Crippen LogP contribution in [0, 0.1) is 5.92 Å². The number of hydrogen-bond donors (Lipinski definition) is 2. The summed E-state index contributed by atoms with van der Waals surface area (Å²) in [4.78, 5) is 6.01. The Labute approximate surface area is 127 Å². The van der Waals surface area contributed by atoms with Crippen LogP contribution in [0.25, 0.3) is 10.9 Å². The molecule has 1 aromatic heterocycles. The first-order valence-electron chi connectivity index (χ1n) is 8.26. The van der Waals surface area contributed by atoms with Crippen molar-refractivity contribution in [3.05, 3.63) is 36.0 Å². The van der Waals surface area contributed by atoms with Crippen molar-refractivity contribution in [2.75, 3.05) is 26.2 Å². The number of H-pyrrole nitrogens is 1. The van der Waals surface area contributed by atoms with Gasteiger partial charge in [0.05, 0.1) is 0 Å². The topological polar surface area (TPSA) is 31.1 Å². The third-order valence-electron chi connectivity index (χ3n) is 4.57. The van der Waals surface area contributed by atoms with Crippen LogP contribution < -0.4 is 5.32 Å². The van der Waals surface area contributed by atoms with E-state index in [0.29, 0.717) is 6.04 Å². The minimum absolute atomic E-state index is 0.558. The van der Waals surface area contributed by atoms with Crippen molar-refractivity contribution in [2.24, 2.45) is 5.92 Å². The van der Waals surface area contributed by atoms with Gasteiger partial charge in [-0.15, -0.1) is 0 Å². The lowest BCUT2D eigenvalue weighted by atomic mass is 9.95. The van der Waals surface area contributed by atoms with Crippen LogP contribution in [-0.4, -0.2) is 36.1 Å². The van der Waals surface area contributed by atoms with E-state index < -0.39 is 0 Å². The van der Waals surface area contributed by atoms with Crippen molar-refractivity contribution in [3.8, 4) is 0 Å². The van der Waals surface area contributed by atoms with Crippen LogP contribution in [-0.2, 0) is 0 Å². The summed E-state index contributed by atoms with van der Waals surface area (Å²) < 4.78 is 0. The van der Waals surface area contributed by atoms with Gasteiger partial charge < -0.3 is 10.3 Å². The monoisotopic (exact) mass is 285 g/mol. The molecule has 0 radical (unpaired) electrons. The lowest BCUT2D eigenvalue weighted by Crippen LogP contribution is -2.45. The van der Waals surface area contributed by atoms with Crippen LogP contribution in [0.1, 0.15) is 38.3 Å². The highest BCUT2D eigenvalue weighted by Gasteiger charge is 2.22. The van der Waals surface area contributed by atoms with Crippen molar-refractivity contribution in [1.82, 2.24) is 15.2 Å². The maximum Gasteiger partial charge on any atom is 0.0457 e. The fourth-order valence-electron chi connectivity index (χ4n) is 3.32. The molecule has 1 aliphatic rings. The summed E-state index contributed by atoms with van der Waals surface area (Å²) in [7, 11) is 0. The van der Waals surface area contributed by atoms with Crippen LogP contribution in [0.5, 0.6) is 0 Å². The van der Waals surface area contributed by atoms with E-state index in [1.807, 2.05) is 6.20 Å². The molecule has 1 aromatic carbocycles. The lowest BCUT2D eigenvalue weighted by molar-refractivity contribution is 0.160. The first kappa shape index (κ1) is 14.6. The molecule has 114 valence electrons. The fourth-order valence-corrected chi connectivity index (χ4v) is 3.32. The van der Waals surface area contributed by atoms with E-state index in [9.17, 15) is 0 Å². The second-order valence-corrected chi connectivity index (χ2v) is 6.60. The van der Waals surface area contributed by atoms with Crippen LogP contribution in [0.15, 0.2) is 30.5 Å². The molecule has 1 fully saturated rings. The number of fused-ring (bicyclic) bond motifs is 1. The largest absolute Gasteiger partial charge is 0.361 e. The van der Waals surface area contributed by atoms with E-state index in [-0.39, 0.29) is 0 Å². The molecule has 1 saturated heterocycles. The Kier molecular flexibility index (Phi) is 4.61. The summed E-state index contributed by atoms with van der Waals surface area (Å²) in [6.07, 6.45) is 4.57. The summed E-state index contributed by atoms with van der Waals surface area (Å²) in [5, 5.41) is 4.77. The summed E-state index contributed by atoms with van der Waals surface area (Å²) in [6, 6.07) is 9.63. The molecule has 0 amide bonds. The van der Waals surface area contributed by atoms with Gasteiger partial charge >= 0.3 is 0 Å². The Hall–Kier alpha value is -1.32. The lowest BCUT2D eigenvalue weighted by Gasteiger charge is -2.35. The highest BCUT2D eigenvalue weighted by molar-refractivity contribution is 5.79. The van der Waals surface area contributed by atoms with Gasteiger partial charge in [-0.3, -0.25) is 4.90 Å². The van der Waals surface area contributed by atoms with E-state index in [0.717, 1.165) is 32.1 Å². The Morgan fingerprint density at radius 1 is 1.10 bits per heavy atom. The van der Waals surface area contributed by atoms with Gasteiger partial charge in [-0.1, -0.05) is 26.0 Å². The highest BCUT2D eigenvalue weighted by atomic mass is 15.2. The number of rotatable bonds is 5. The summed E-state index contributed by atoms with van der Waals surface area (Å²) >= 11 is 0. The molecular weight excluding hydrogens is 258 g/mol. The smallest absolute Gasteiger partial charge is 0.0457 e. The van der Waals surface area contributed by atoms with Gasteiger partial charge in [-0.2, -0.15) is 0 Å². The molecule has 3 rings (SSSR count). The van der Waals surface area contributed by atoms with E-state index in [1.54, 1.807) is 0 Å². The molecule has 0 bridgehead atoms. The molecule has 2 aromatic rings. The van der Waals surface area contributed by atoms with Crippen molar-refractivity contribution in [3.63, 3.8) is 0 Å². The van der Waals surface area contributed by atoms with Crippen LogP contribution in [0.3, 0.4) is 0 Å². The predicted molar refractivity (Wildman–Crippen MR) is 89.6 cm³/mol. The van der Waals surface area contributed by atoms with E-state index >= 15 is 0 Å². The molecular formula is C18H27N3. The maximum absolute atomic E-state index is 3.46. The number of nitrogens with zero attached hydrogens (tertiary/aromatic N) is 1. The summed E-state index contributed by atoms with van der Waals surface area (Å²) in [6.45, 7) is 9.19. The second kappa shape index (κ2) is 6.63. The van der Waals surface area contributed by atoms with Crippen LogP contribution in [0.4, 0.5) is 0 Å². The van der Waals surface area contributed by atoms with E-state index in [1.165, 1.54) is 29.3 Å². The fraction of sp³-hybridized carbons (Fsp3) is 0.556. The molecule has 0 saturated carbocycles. The van der Waals surface area contributed by atoms with Crippen LogP contribution in [0.2, 0.25) is 0 Å². The van der Waals surface area contributed by atoms with E-state index in [2.05, 4.69) is 53.3 Å². The Morgan fingerprint density at radius 3 is 2.67 bits per heavy atom. The Bertz CT molecular complexity index is 567. The molecule has 0 unspecified atom stereocenters. The average Bonchev–Trinajstić information content (AvgIpc) is 2.96. The Morgan fingerprint density at radius 2 is 1.90 bits per heavy atom. The normalized spacial score (nSPS) is 18.4. The molecule has 1 aliphatic heterocycles. The molecule has 2 N–H and O–H groups in total. The maximum atomic E-state index is 3.46. The second-order valence-electron chi connectivity index (χ2n) is 6.60. The van der Waals surface area contributed by atoms with Gasteiger partial charge in [0.1, 0.15) is 0 Å². The average molecular weight is 285 g/mol. The number of aromatic amines is 1. The van der Waals surface area contributed by atoms with Gasteiger partial charge in [-0.05, 0) is 41.8 Å². The van der Waals surface area contributed by atoms with Gasteiger partial charge in [0.25, 0.3) is 0 Å². The zero-order valence-corrected chi connectivity index (χ0v) is 13.2. The third kappa shape index (κ3) is 3.47. The zero-order valence-electron chi connectivity index (χ0n) is 13.2.